The van der Waals surface area contributed by atoms with E-state index < -0.39 is 6.10 Å². The van der Waals surface area contributed by atoms with Crippen LogP contribution in [0, 0.1) is 0 Å². The van der Waals surface area contributed by atoms with Crippen LogP contribution in [0.5, 0.6) is 0 Å². The molecule has 0 aliphatic heterocycles. The van der Waals surface area contributed by atoms with Gasteiger partial charge in [0.25, 0.3) is 0 Å². The second kappa shape index (κ2) is 46.5. The molecule has 0 N–H and O–H groups in total. The Morgan fingerprint density at radius 1 is 0.356 bits per heavy atom. The summed E-state index contributed by atoms with van der Waals surface area (Å²) in [4.78, 5) is 37.7. The smallest absolute Gasteiger partial charge is 0.306 e. The minimum absolute atomic E-state index is 0.117. The van der Waals surface area contributed by atoms with E-state index in [1.54, 1.807) is 0 Å². The molecule has 6 heteroatoms. The first-order valence-electron chi connectivity index (χ1n) is 23.2. The summed E-state index contributed by atoms with van der Waals surface area (Å²) in [5.74, 6) is -1.02. The van der Waals surface area contributed by atoms with Gasteiger partial charge >= 0.3 is 17.9 Å². The Hall–Kier alpha value is -4.19. The van der Waals surface area contributed by atoms with E-state index in [4.69, 9.17) is 14.2 Å². The third-order valence-electron chi connectivity index (χ3n) is 9.15. The SMILES string of the molecule is CC\C=C/C=C\C=C/C=C\C=C\C=C/CCCCCC(=O)OCC(COC(=O)CCC/C=C\CCCCCC)OC(=O)CCCCCCCCC\C=C/C=C\C=C/CC. The zero-order chi connectivity index (χ0) is 43.0. The molecule has 6 nitrogen and oxygen atoms in total. The second-order valence-corrected chi connectivity index (χ2v) is 14.8. The quantitative estimate of drug-likeness (QED) is 0.0202. The lowest BCUT2D eigenvalue weighted by Gasteiger charge is -2.18. The van der Waals surface area contributed by atoms with Crippen molar-refractivity contribution in [2.45, 2.75) is 181 Å². The minimum atomic E-state index is -0.815. The molecular weight excluding hydrogens is 733 g/mol. The summed E-state index contributed by atoms with van der Waals surface area (Å²) in [6.45, 7) is 6.22. The third-order valence-corrected chi connectivity index (χ3v) is 9.15. The fourth-order valence-electron chi connectivity index (χ4n) is 5.71. The average molecular weight is 815 g/mol. The van der Waals surface area contributed by atoms with Gasteiger partial charge in [-0.05, 0) is 77.0 Å². The minimum Gasteiger partial charge on any atom is -0.462 e. The van der Waals surface area contributed by atoms with Gasteiger partial charge in [-0.15, -0.1) is 0 Å². The Balaban J connectivity index is 4.52. The maximum atomic E-state index is 12.7. The topological polar surface area (TPSA) is 78.9 Å². The average Bonchev–Trinajstić information content (AvgIpc) is 3.23. The van der Waals surface area contributed by atoms with E-state index in [9.17, 15) is 14.4 Å². The van der Waals surface area contributed by atoms with Gasteiger partial charge in [0.1, 0.15) is 13.2 Å². The number of esters is 3. The van der Waals surface area contributed by atoms with E-state index in [0.717, 1.165) is 83.5 Å². The summed E-state index contributed by atoms with van der Waals surface area (Å²) in [6.07, 6.45) is 63.3. The highest BCUT2D eigenvalue weighted by Gasteiger charge is 2.19. The predicted molar refractivity (Wildman–Crippen MR) is 251 cm³/mol. The molecule has 0 radical (unpaired) electrons. The normalized spacial score (nSPS) is 13.2. The van der Waals surface area contributed by atoms with E-state index in [0.29, 0.717) is 25.7 Å². The monoisotopic (exact) mass is 815 g/mol. The maximum absolute atomic E-state index is 12.7. The molecule has 0 saturated carbocycles. The van der Waals surface area contributed by atoms with Gasteiger partial charge < -0.3 is 14.2 Å². The molecule has 0 aromatic carbocycles. The summed E-state index contributed by atoms with van der Waals surface area (Å²) in [5.41, 5.74) is 0. The van der Waals surface area contributed by atoms with Crippen molar-refractivity contribution >= 4 is 17.9 Å². The van der Waals surface area contributed by atoms with Gasteiger partial charge in [0, 0.05) is 19.3 Å². The van der Waals surface area contributed by atoms with Gasteiger partial charge in [0.05, 0.1) is 0 Å². The third kappa shape index (κ3) is 44.8. The Labute approximate surface area is 361 Å². The molecule has 0 fully saturated rings. The van der Waals surface area contributed by atoms with Gasteiger partial charge in [-0.25, -0.2) is 0 Å². The summed E-state index contributed by atoms with van der Waals surface area (Å²) >= 11 is 0. The van der Waals surface area contributed by atoms with Crippen LogP contribution in [0.3, 0.4) is 0 Å². The molecule has 0 aliphatic carbocycles. The van der Waals surface area contributed by atoms with Crippen molar-refractivity contribution in [2.24, 2.45) is 0 Å². The van der Waals surface area contributed by atoms with Crippen LogP contribution in [0.4, 0.5) is 0 Å². The number of carbonyl (C=O) groups is 3. The van der Waals surface area contributed by atoms with Crippen LogP contribution in [0.2, 0.25) is 0 Å². The van der Waals surface area contributed by atoms with Crippen molar-refractivity contribution in [2.75, 3.05) is 13.2 Å². The van der Waals surface area contributed by atoms with E-state index in [1.807, 2.05) is 60.8 Å². The van der Waals surface area contributed by atoms with Crippen molar-refractivity contribution in [3.8, 4) is 0 Å². The van der Waals surface area contributed by atoms with Gasteiger partial charge in [-0.3, -0.25) is 14.4 Å². The number of allylic oxidation sites excluding steroid dienone is 20. The Kier molecular flexibility index (Phi) is 43.2. The first-order valence-corrected chi connectivity index (χ1v) is 23.2. The standard InChI is InChI=1S/C53H82O6/c1-4-7-10-13-16-19-21-23-25-26-28-29-31-34-37-40-43-46-52(55)58-49-50(48-57-51(54)45-42-39-36-33-18-15-12-9-6-3)59-53(56)47-44-41-38-35-32-30-27-24-22-20-17-14-11-8-5-2/h7-8,10-11,13-14,16-17,19-23,25-26,28-29,31,33,36,50H,4-6,9,12,15,18,24,27,30,32,34-35,37-49H2,1-3H3/b10-7-,11-8-,16-13-,17-14-,21-19-,22-20-,25-23-,28-26+,31-29-,36-33-. The van der Waals surface area contributed by atoms with Crippen LogP contribution < -0.4 is 0 Å². The molecule has 1 atom stereocenters. The largest absolute Gasteiger partial charge is 0.462 e. The first-order chi connectivity index (χ1) is 29.0. The van der Waals surface area contributed by atoms with Gasteiger partial charge in [0.2, 0.25) is 0 Å². The summed E-state index contributed by atoms with van der Waals surface area (Å²) < 4.78 is 16.6. The van der Waals surface area contributed by atoms with Crippen molar-refractivity contribution in [3.05, 3.63) is 122 Å². The molecule has 0 aromatic rings. The number of ether oxygens (including phenoxy) is 3. The lowest BCUT2D eigenvalue weighted by molar-refractivity contribution is -0.167. The van der Waals surface area contributed by atoms with Gasteiger partial charge in [-0.1, -0.05) is 200 Å². The molecule has 0 saturated heterocycles. The van der Waals surface area contributed by atoms with Crippen LogP contribution in [-0.2, 0) is 28.6 Å². The highest BCUT2D eigenvalue weighted by molar-refractivity contribution is 5.71. The summed E-state index contributed by atoms with van der Waals surface area (Å²) in [5, 5.41) is 0. The van der Waals surface area contributed by atoms with E-state index in [2.05, 4.69) is 81.5 Å². The van der Waals surface area contributed by atoms with Crippen LogP contribution >= 0.6 is 0 Å². The van der Waals surface area contributed by atoms with E-state index >= 15 is 0 Å². The maximum Gasteiger partial charge on any atom is 0.306 e. The van der Waals surface area contributed by atoms with E-state index in [-0.39, 0.29) is 31.1 Å². The molecule has 0 heterocycles. The molecule has 0 rings (SSSR count). The lowest BCUT2D eigenvalue weighted by atomic mass is 10.1. The van der Waals surface area contributed by atoms with Crippen molar-refractivity contribution in [1.29, 1.82) is 0 Å². The van der Waals surface area contributed by atoms with Crippen molar-refractivity contribution in [3.63, 3.8) is 0 Å². The second-order valence-electron chi connectivity index (χ2n) is 14.8. The van der Waals surface area contributed by atoms with Crippen LogP contribution in [0.25, 0.3) is 0 Å². The van der Waals surface area contributed by atoms with Gasteiger partial charge in [0.15, 0.2) is 6.10 Å². The number of hydrogen-bond donors (Lipinski definition) is 0. The molecule has 0 spiro atoms. The van der Waals surface area contributed by atoms with Crippen molar-refractivity contribution < 1.29 is 28.6 Å². The first kappa shape index (κ1) is 54.8. The number of hydrogen-bond acceptors (Lipinski definition) is 6. The number of carbonyl (C=O) groups excluding carboxylic acids is 3. The molecule has 59 heavy (non-hydrogen) atoms. The predicted octanol–water partition coefficient (Wildman–Crippen LogP) is 15.0. The molecule has 0 aromatic heterocycles. The van der Waals surface area contributed by atoms with Gasteiger partial charge in [-0.2, -0.15) is 0 Å². The fraction of sp³-hybridized carbons (Fsp3) is 0.566. The molecule has 1 unspecified atom stereocenters. The van der Waals surface area contributed by atoms with E-state index in [1.165, 1.54) is 44.9 Å². The van der Waals surface area contributed by atoms with Crippen LogP contribution in [-0.4, -0.2) is 37.2 Å². The molecule has 0 aliphatic rings. The zero-order valence-electron chi connectivity index (χ0n) is 37.5. The highest BCUT2D eigenvalue weighted by Crippen LogP contribution is 2.12. The zero-order valence-corrected chi connectivity index (χ0v) is 37.5. The summed E-state index contributed by atoms with van der Waals surface area (Å²) in [6, 6.07) is 0. The number of unbranched alkanes of at least 4 members (excludes halogenated alkanes) is 15. The Morgan fingerprint density at radius 2 is 0.695 bits per heavy atom. The number of rotatable bonds is 39. The summed E-state index contributed by atoms with van der Waals surface area (Å²) in [7, 11) is 0. The Morgan fingerprint density at radius 3 is 1.17 bits per heavy atom. The molecule has 330 valence electrons. The molecule has 0 amide bonds. The molecule has 0 bridgehead atoms. The Bertz CT molecular complexity index is 1300. The molecular formula is C53H82O6. The highest BCUT2D eigenvalue weighted by atomic mass is 16.6. The lowest BCUT2D eigenvalue weighted by Crippen LogP contribution is -2.30. The fourth-order valence-corrected chi connectivity index (χ4v) is 5.71. The van der Waals surface area contributed by atoms with Crippen molar-refractivity contribution in [1.82, 2.24) is 0 Å². The van der Waals surface area contributed by atoms with Crippen LogP contribution in [0.1, 0.15) is 175 Å². The van der Waals surface area contributed by atoms with Crippen LogP contribution in [0.15, 0.2) is 122 Å².